The summed E-state index contributed by atoms with van der Waals surface area (Å²) in [5.74, 6) is -3.09. The van der Waals surface area contributed by atoms with Crippen LogP contribution in [-0.2, 0) is 4.79 Å². The third kappa shape index (κ3) is 6.82. The maximum Gasteiger partial charge on any atom is 0.416 e. The van der Waals surface area contributed by atoms with Crippen molar-refractivity contribution in [1.29, 1.82) is 5.26 Å². The van der Waals surface area contributed by atoms with Gasteiger partial charge in [-0.1, -0.05) is 6.08 Å². The van der Waals surface area contributed by atoms with E-state index >= 15 is 0 Å². The van der Waals surface area contributed by atoms with Crippen molar-refractivity contribution in [3.63, 3.8) is 0 Å². The number of allylic oxidation sites excluding steroid dienone is 1. The van der Waals surface area contributed by atoms with E-state index in [1.165, 1.54) is 6.92 Å². The molecule has 0 bridgehead atoms. The molecule has 10 nitrogen and oxygen atoms in total. The molecule has 1 atom stereocenters. The van der Waals surface area contributed by atoms with Crippen molar-refractivity contribution in [2.24, 2.45) is 5.92 Å². The number of halogens is 5. The SMILES string of the molecule is Cc1c([C@@H](NC(=O)Nc2cnc(NCCNC(=O)/C(C#N)=C/C3CC3)nc2)C(F)(F)F)oc2c(F)cc(F)cc12. The molecule has 1 fully saturated rings. The number of furan rings is 1. The van der Waals surface area contributed by atoms with Gasteiger partial charge in [0.1, 0.15) is 23.2 Å². The van der Waals surface area contributed by atoms with Crippen molar-refractivity contribution in [2.75, 3.05) is 23.7 Å². The van der Waals surface area contributed by atoms with E-state index in [0.717, 1.165) is 31.3 Å². The highest BCUT2D eigenvalue weighted by Gasteiger charge is 2.45. The van der Waals surface area contributed by atoms with Crippen molar-refractivity contribution < 1.29 is 36.0 Å². The highest BCUT2D eigenvalue weighted by atomic mass is 19.4. The third-order valence-electron chi connectivity index (χ3n) is 5.85. The van der Waals surface area contributed by atoms with E-state index in [-0.39, 0.29) is 47.2 Å². The fourth-order valence-electron chi connectivity index (χ4n) is 3.72. The lowest BCUT2D eigenvalue weighted by atomic mass is 10.1. The molecule has 1 aliphatic rings. The lowest BCUT2D eigenvalue weighted by molar-refractivity contribution is -0.158. The Balaban J connectivity index is 1.33. The summed E-state index contributed by atoms with van der Waals surface area (Å²) in [6, 6.07) is -0.772. The van der Waals surface area contributed by atoms with Gasteiger partial charge in [-0.05, 0) is 31.7 Å². The lowest BCUT2D eigenvalue weighted by Crippen LogP contribution is -2.40. The first-order chi connectivity index (χ1) is 19.0. The van der Waals surface area contributed by atoms with E-state index in [4.69, 9.17) is 9.68 Å². The number of fused-ring (bicyclic) bond motifs is 1. The predicted octanol–water partition coefficient (Wildman–Crippen LogP) is 4.62. The van der Waals surface area contributed by atoms with Crippen molar-refractivity contribution in [1.82, 2.24) is 20.6 Å². The zero-order valence-corrected chi connectivity index (χ0v) is 20.8. The third-order valence-corrected chi connectivity index (χ3v) is 5.85. The minimum absolute atomic E-state index is 0.0457. The van der Waals surface area contributed by atoms with Crippen molar-refractivity contribution >= 4 is 34.5 Å². The molecule has 2 aromatic heterocycles. The van der Waals surface area contributed by atoms with Crippen molar-refractivity contribution in [3.8, 4) is 6.07 Å². The van der Waals surface area contributed by atoms with Crippen LogP contribution in [0.1, 0.15) is 30.2 Å². The molecule has 0 saturated heterocycles. The van der Waals surface area contributed by atoms with Crippen LogP contribution in [0.25, 0.3) is 11.0 Å². The number of anilines is 2. The molecule has 1 aliphatic carbocycles. The van der Waals surface area contributed by atoms with Crippen LogP contribution in [0.2, 0.25) is 0 Å². The van der Waals surface area contributed by atoms with Gasteiger partial charge in [-0.2, -0.15) is 18.4 Å². The molecule has 3 amide bonds. The van der Waals surface area contributed by atoms with Gasteiger partial charge < -0.3 is 25.7 Å². The lowest BCUT2D eigenvalue weighted by Gasteiger charge is -2.20. The van der Waals surface area contributed by atoms with E-state index < -0.39 is 47.1 Å². The molecule has 40 heavy (non-hydrogen) atoms. The normalized spacial score (nSPS) is 14.4. The topological polar surface area (TPSA) is 145 Å². The van der Waals surface area contributed by atoms with Crippen molar-refractivity contribution in [3.05, 3.63) is 59.1 Å². The average molecular weight is 563 g/mol. The highest BCUT2D eigenvalue weighted by Crippen LogP contribution is 2.39. The van der Waals surface area contributed by atoms with Gasteiger partial charge in [-0.3, -0.25) is 4.79 Å². The molecular formula is C25H22F5N7O3. The molecule has 3 aromatic rings. The van der Waals surface area contributed by atoms with Crippen molar-refractivity contribution in [2.45, 2.75) is 32.0 Å². The molecular weight excluding hydrogens is 541 g/mol. The standard InChI is InChI=1S/C25H22F5N7O3/c1-12-17-7-15(26)8-18(27)20(17)40-19(12)21(25(28,29)30)37-24(39)36-16-10-34-23(35-11-16)33-5-4-32-22(38)14(9-31)6-13-2-3-13/h6-8,10-11,13,21H,2-5H2,1H3,(H,32,38)(H,33,34,35)(H2,36,37,39)/b14-6+/t21-/m1/s1. The molecule has 0 unspecified atom stereocenters. The van der Waals surface area contributed by atoms with Crippen LogP contribution >= 0.6 is 0 Å². The van der Waals surface area contributed by atoms with Crippen LogP contribution in [0.4, 0.5) is 38.4 Å². The summed E-state index contributed by atoms with van der Waals surface area (Å²) in [7, 11) is 0. The summed E-state index contributed by atoms with van der Waals surface area (Å²) in [6.45, 7) is 1.55. The zero-order valence-electron chi connectivity index (χ0n) is 20.8. The Morgan fingerprint density at radius 2 is 1.90 bits per heavy atom. The Morgan fingerprint density at radius 1 is 1.20 bits per heavy atom. The first kappa shape index (κ1) is 28.3. The first-order valence-electron chi connectivity index (χ1n) is 11.9. The fourth-order valence-corrected chi connectivity index (χ4v) is 3.72. The molecule has 0 aliphatic heterocycles. The number of alkyl halides is 3. The number of nitrogens with one attached hydrogen (secondary N) is 4. The maximum absolute atomic E-state index is 14.0. The van der Waals surface area contributed by atoms with E-state index in [2.05, 4.69) is 25.9 Å². The Labute approximate surface area is 223 Å². The summed E-state index contributed by atoms with van der Waals surface area (Å²) in [4.78, 5) is 32.2. The number of rotatable bonds is 9. The molecule has 2 heterocycles. The monoisotopic (exact) mass is 563 g/mol. The minimum Gasteiger partial charge on any atom is -0.455 e. The largest absolute Gasteiger partial charge is 0.455 e. The van der Waals surface area contributed by atoms with Gasteiger partial charge in [-0.25, -0.2) is 23.5 Å². The Hall–Kier alpha value is -4.74. The van der Waals surface area contributed by atoms with Gasteiger partial charge in [0.25, 0.3) is 5.91 Å². The van der Waals surface area contributed by atoms with Gasteiger partial charge in [0.05, 0.1) is 18.1 Å². The number of hydrogen-bond acceptors (Lipinski definition) is 7. The maximum atomic E-state index is 14.0. The molecule has 210 valence electrons. The number of benzene rings is 1. The van der Waals surface area contributed by atoms with Crippen LogP contribution in [-0.4, -0.2) is 41.2 Å². The number of nitriles is 1. The number of carbonyl (C=O) groups is 2. The molecule has 4 rings (SSSR count). The average Bonchev–Trinajstić information content (AvgIpc) is 3.66. The predicted molar refractivity (Wildman–Crippen MR) is 132 cm³/mol. The Bertz CT molecular complexity index is 1490. The summed E-state index contributed by atoms with van der Waals surface area (Å²) < 4.78 is 74.1. The van der Waals surface area contributed by atoms with Gasteiger partial charge in [0.2, 0.25) is 5.95 Å². The number of nitrogens with zero attached hydrogens (tertiary/aromatic N) is 3. The molecule has 15 heteroatoms. The van der Waals surface area contributed by atoms with E-state index in [1.54, 1.807) is 11.4 Å². The number of aromatic nitrogens is 2. The van der Waals surface area contributed by atoms with Crippen LogP contribution in [0.5, 0.6) is 0 Å². The first-order valence-corrected chi connectivity index (χ1v) is 11.9. The van der Waals surface area contributed by atoms with Crippen LogP contribution in [0.15, 0.2) is 40.6 Å². The Morgan fingerprint density at radius 3 is 2.52 bits per heavy atom. The second-order valence-corrected chi connectivity index (χ2v) is 8.94. The smallest absolute Gasteiger partial charge is 0.416 e. The number of urea groups is 1. The zero-order chi connectivity index (χ0) is 29.0. The molecule has 1 saturated carbocycles. The quantitative estimate of drug-likeness (QED) is 0.129. The second-order valence-electron chi connectivity index (χ2n) is 8.94. The second kappa shape index (κ2) is 11.6. The van der Waals surface area contributed by atoms with Crippen LogP contribution < -0.4 is 21.3 Å². The number of carbonyl (C=O) groups excluding carboxylic acids is 2. The molecule has 0 radical (unpaired) electrons. The van der Waals surface area contributed by atoms with Gasteiger partial charge >= 0.3 is 12.2 Å². The van der Waals surface area contributed by atoms with Crippen LogP contribution in [0.3, 0.4) is 0 Å². The van der Waals surface area contributed by atoms with Gasteiger partial charge in [-0.15, -0.1) is 0 Å². The summed E-state index contributed by atoms with van der Waals surface area (Å²) in [5, 5.41) is 18.2. The van der Waals surface area contributed by atoms with E-state index in [0.29, 0.717) is 6.07 Å². The minimum atomic E-state index is -5.04. The van der Waals surface area contributed by atoms with Gasteiger partial charge in [0, 0.05) is 30.1 Å². The number of aryl methyl sites for hydroxylation is 1. The molecule has 1 aromatic carbocycles. The van der Waals surface area contributed by atoms with E-state index in [1.807, 2.05) is 6.07 Å². The highest BCUT2D eigenvalue weighted by molar-refractivity contribution is 5.97. The summed E-state index contributed by atoms with van der Waals surface area (Å²) >= 11 is 0. The fraction of sp³-hybridized carbons (Fsp3) is 0.320. The van der Waals surface area contributed by atoms with E-state index in [9.17, 15) is 31.5 Å². The number of amides is 3. The molecule has 4 N–H and O–H groups in total. The van der Waals surface area contributed by atoms with Gasteiger partial charge in [0.15, 0.2) is 17.4 Å². The van der Waals surface area contributed by atoms with Crippen LogP contribution in [0, 0.1) is 35.8 Å². The summed E-state index contributed by atoms with van der Waals surface area (Å²) in [5.41, 5.74) is -0.747. The Kier molecular flexibility index (Phi) is 8.17. The molecule has 0 spiro atoms. The summed E-state index contributed by atoms with van der Waals surface area (Å²) in [6.07, 6.45) is 0.782. The number of hydrogen-bond donors (Lipinski definition) is 4.